The maximum absolute atomic E-state index is 15.3. The second kappa shape index (κ2) is 5.39. The zero-order chi connectivity index (χ0) is 16.9. The Labute approximate surface area is 144 Å². The maximum atomic E-state index is 15.3. The number of carbonyl (C=O) groups is 1. The Bertz CT molecular complexity index is 830. The summed E-state index contributed by atoms with van der Waals surface area (Å²) in [6, 6.07) is 7.53. The van der Waals surface area contributed by atoms with Crippen LogP contribution in [0, 0.1) is 5.41 Å². The van der Waals surface area contributed by atoms with Crippen LogP contribution in [0.25, 0.3) is 10.9 Å². The van der Waals surface area contributed by atoms with Crippen molar-refractivity contribution >= 4 is 28.5 Å². The van der Waals surface area contributed by atoms with Crippen molar-refractivity contribution in [2.75, 3.05) is 13.1 Å². The van der Waals surface area contributed by atoms with Gasteiger partial charge in [-0.25, -0.2) is 4.39 Å². The quantitative estimate of drug-likeness (QED) is 0.919. The van der Waals surface area contributed by atoms with Crippen LogP contribution in [0.3, 0.4) is 0 Å². The molecule has 6 heteroatoms. The molecule has 2 aromatic rings. The van der Waals surface area contributed by atoms with Gasteiger partial charge in [-0.05, 0) is 31.4 Å². The first-order valence-electron chi connectivity index (χ1n) is 8.12. The molecule has 0 radical (unpaired) electrons. The molecule has 2 heterocycles. The SMILES string of the molecule is O=C(O)[C@]12CCC[C@@]1(F)CN(Cc1c(Cl)ccc3cccnc13)C2. The van der Waals surface area contributed by atoms with Gasteiger partial charge < -0.3 is 5.11 Å². The van der Waals surface area contributed by atoms with Gasteiger partial charge >= 0.3 is 5.97 Å². The van der Waals surface area contributed by atoms with Gasteiger partial charge in [-0.15, -0.1) is 0 Å². The zero-order valence-corrected chi connectivity index (χ0v) is 13.9. The molecule has 0 unspecified atom stereocenters. The molecule has 1 saturated heterocycles. The van der Waals surface area contributed by atoms with Crippen molar-refractivity contribution in [3.63, 3.8) is 0 Å². The minimum absolute atomic E-state index is 0.138. The zero-order valence-electron chi connectivity index (χ0n) is 13.1. The highest BCUT2D eigenvalue weighted by Crippen LogP contribution is 2.54. The number of nitrogens with zero attached hydrogens (tertiary/aromatic N) is 2. The van der Waals surface area contributed by atoms with E-state index in [0.29, 0.717) is 30.8 Å². The van der Waals surface area contributed by atoms with Crippen LogP contribution in [0.2, 0.25) is 5.02 Å². The first-order chi connectivity index (χ1) is 11.5. The van der Waals surface area contributed by atoms with Crippen LogP contribution in [-0.2, 0) is 11.3 Å². The fraction of sp³-hybridized carbons (Fsp3) is 0.444. The number of carboxylic acid groups (broad SMARTS) is 1. The molecular weight excluding hydrogens is 331 g/mol. The van der Waals surface area contributed by atoms with Gasteiger partial charge in [0.05, 0.1) is 5.52 Å². The van der Waals surface area contributed by atoms with Crippen molar-refractivity contribution in [3.05, 3.63) is 41.0 Å². The third kappa shape index (κ3) is 2.15. The Balaban J connectivity index is 1.69. The smallest absolute Gasteiger partial charge is 0.314 e. The topological polar surface area (TPSA) is 53.4 Å². The van der Waals surface area contributed by atoms with Gasteiger partial charge in [-0.1, -0.05) is 23.7 Å². The number of carboxylic acids is 1. The molecule has 1 aromatic heterocycles. The fourth-order valence-corrected chi connectivity index (χ4v) is 4.62. The minimum atomic E-state index is -1.65. The van der Waals surface area contributed by atoms with Gasteiger partial charge in [0, 0.05) is 41.8 Å². The van der Waals surface area contributed by atoms with Gasteiger partial charge in [0.15, 0.2) is 0 Å². The molecule has 0 bridgehead atoms. The second-order valence-electron chi connectivity index (χ2n) is 6.95. The molecule has 1 aliphatic carbocycles. The van der Waals surface area contributed by atoms with Gasteiger partial charge in [-0.2, -0.15) is 0 Å². The van der Waals surface area contributed by atoms with Crippen LogP contribution in [-0.4, -0.2) is 39.7 Å². The van der Waals surface area contributed by atoms with Gasteiger partial charge in [0.25, 0.3) is 0 Å². The molecule has 2 fully saturated rings. The summed E-state index contributed by atoms with van der Waals surface area (Å²) >= 11 is 6.36. The van der Waals surface area contributed by atoms with E-state index in [4.69, 9.17) is 11.6 Å². The highest BCUT2D eigenvalue weighted by atomic mass is 35.5. The van der Waals surface area contributed by atoms with Crippen LogP contribution in [0.4, 0.5) is 4.39 Å². The lowest BCUT2D eigenvalue weighted by molar-refractivity contribution is -0.153. The van der Waals surface area contributed by atoms with Crippen molar-refractivity contribution in [3.8, 4) is 0 Å². The molecule has 1 aliphatic heterocycles. The Morgan fingerprint density at radius 3 is 2.92 bits per heavy atom. The van der Waals surface area contributed by atoms with Crippen LogP contribution in [0.15, 0.2) is 30.5 Å². The molecular formula is C18H18ClFN2O2. The van der Waals surface area contributed by atoms with E-state index in [1.807, 2.05) is 29.2 Å². The standard InChI is InChI=1S/C18H18ClFN2O2/c19-14-5-4-12-3-1-8-21-15(12)13(14)9-22-10-17(16(23)24)6-2-7-18(17,20)11-22/h1,3-5,8H,2,6-7,9-11H2,(H,23,24)/t17-,18-/m1/s1. The molecule has 1 saturated carbocycles. The summed E-state index contributed by atoms with van der Waals surface area (Å²) in [5.74, 6) is -1.02. The van der Waals surface area contributed by atoms with Crippen molar-refractivity contribution in [2.45, 2.75) is 31.5 Å². The largest absolute Gasteiger partial charge is 0.481 e. The van der Waals surface area contributed by atoms with Crippen LogP contribution >= 0.6 is 11.6 Å². The number of fused-ring (bicyclic) bond motifs is 2. The molecule has 0 amide bonds. The lowest BCUT2D eigenvalue weighted by Crippen LogP contribution is -2.45. The Hall–Kier alpha value is -1.72. The van der Waals surface area contributed by atoms with E-state index in [0.717, 1.165) is 16.5 Å². The number of likely N-dealkylation sites (tertiary alicyclic amines) is 1. The molecule has 0 spiro atoms. The number of alkyl halides is 1. The summed E-state index contributed by atoms with van der Waals surface area (Å²) in [7, 11) is 0. The summed E-state index contributed by atoms with van der Waals surface area (Å²) in [6.07, 6.45) is 3.05. The average molecular weight is 349 g/mol. The predicted molar refractivity (Wildman–Crippen MR) is 89.8 cm³/mol. The summed E-state index contributed by atoms with van der Waals surface area (Å²) in [5.41, 5.74) is -1.31. The normalized spacial score (nSPS) is 29.9. The van der Waals surface area contributed by atoms with Crippen molar-refractivity contribution in [1.82, 2.24) is 9.88 Å². The number of rotatable bonds is 3. The number of benzene rings is 1. The average Bonchev–Trinajstić information content (AvgIpc) is 3.01. The summed E-state index contributed by atoms with van der Waals surface area (Å²) in [4.78, 5) is 18.1. The number of halogens is 2. The molecule has 2 aliphatic rings. The Morgan fingerprint density at radius 2 is 2.17 bits per heavy atom. The van der Waals surface area contributed by atoms with Crippen LogP contribution in [0.5, 0.6) is 0 Å². The Morgan fingerprint density at radius 1 is 1.33 bits per heavy atom. The summed E-state index contributed by atoms with van der Waals surface area (Å²) < 4.78 is 15.3. The fourth-order valence-electron chi connectivity index (χ4n) is 4.41. The summed E-state index contributed by atoms with van der Waals surface area (Å²) in [6.45, 7) is 0.769. The van der Waals surface area contributed by atoms with Crippen molar-refractivity contribution < 1.29 is 14.3 Å². The maximum Gasteiger partial charge on any atom is 0.314 e. The molecule has 1 N–H and O–H groups in total. The molecule has 24 heavy (non-hydrogen) atoms. The van der Waals surface area contributed by atoms with E-state index in [1.165, 1.54) is 0 Å². The van der Waals surface area contributed by atoms with E-state index < -0.39 is 17.1 Å². The first kappa shape index (κ1) is 15.8. The number of aliphatic carboxylic acids is 1. The van der Waals surface area contributed by atoms with Gasteiger partial charge in [0.2, 0.25) is 0 Å². The van der Waals surface area contributed by atoms with Gasteiger partial charge in [-0.3, -0.25) is 14.7 Å². The molecule has 126 valence electrons. The van der Waals surface area contributed by atoms with Crippen LogP contribution < -0.4 is 0 Å². The van der Waals surface area contributed by atoms with E-state index in [-0.39, 0.29) is 13.1 Å². The Kier molecular flexibility index (Phi) is 3.55. The number of pyridine rings is 1. The lowest BCUT2D eigenvalue weighted by Gasteiger charge is -2.28. The first-order valence-corrected chi connectivity index (χ1v) is 8.50. The minimum Gasteiger partial charge on any atom is -0.481 e. The number of hydrogen-bond acceptors (Lipinski definition) is 3. The van der Waals surface area contributed by atoms with E-state index in [9.17, 15) is 9.90 Å². The third-order valence-electron chi connectivity index (χ3n) is 5.62. The second-order valence-corrected chi connectivity index (χ2v) is 7.36. The highest BCUT2D eigenvalue weighted by Gasteiger charge is 2.65. The number of aromatic nitrogens is 1. The number of hydrogen-bond donors (Lipinski definition) is 1. The molecule has 1 aromatic carbocycles. The molecule has 2 atom stereocenters. The van der Waals surface area contributed by atoms with Crippen molar-refractivity contribution in [1.29, 1.82) is 0 Å². The highest BCUT2D eigenvalue weighted by molar-refractivity contribution is 6.32. The monoisotopic (exact) mass is 348 g/mol. The van der Waals surface area contributed by atoms with E-state index in [2.05, 4.69) is 4.98 Å². The van der Waals surface area contributed by atoms with Gasteiger partial charge in [0.1, 0.15) is 11.1 Å². The van der Waals surface area contributed by atoms with E-state index >= 15 is 4.39 Å². The van der Waals surface area contributed by atoms with Crippen molar-refractivity contribution in [2.24, 2.45) is 5.41 Å². The summed E-state index contributed by atoms with van der Waals surface area (Å²) in [5, 5.41) is 11.2. The van der Waals surface area contributed by atoms with Crippen LogP contribution in [0.1, 0.15) is 24.8 Å². The van der Waals surface area contributed by atoms with E-state index in [1.54, 1.807) is 6.20 Å². The molecule has 4 rings (SSSR count). The lowest BCUT2D eigenvalue weighted by atomic mass is 9.78. The molecule has 4 nitrogen and oxygen atoms in total. The predicted octanol–water partition coefficient (Wildman–Crippen LogP) is 3.67. The third-order valence-corrected chi connectivity index (χ3v) is 5.97.